The summed E-state index contributed by atoms with van der Waals surface area (Å²) in [6.45, 7) is 0. The zero-order chi connectivity index (χ0) is 17.5. The molecule has 0 spiro atoms. The first-order valence-corrected chi connectivity index (χ1v) is 6.99. The number of benzene rings is 1. The molecule has 126 valence electrons. The average molecular weight is 340 g/mol. The second-order valence-electron chi connectivity index (χ2n) is 5.38. The lowest BCUT2D eigenvalue weighted by Gasteiger charge is -2.09. The van der Waals surface area contributed by atoms with Crippen molar-refractivity contribution in [3.63, 3.8) is 0 Å². The average Bonchev–Trinajstić information content (AvgIpc) is 3.24. The Morgan fingerprint density at radius 3 is 2.33 bits per heavy atom. The number of carbonyl (C=O) groups excluding carboxylic acids is 1. The van der Waals surface area contributed by atoms with E-state index in [0.717, 1.165) is 37.1 Å². The molecule has 2 N–H and O–H groups in total. The number of alkyl halides is 3. The van der Waals surface area contributed by atoms with E-state index in [1.54, 1.807) is 0 Å². The number of aromatic carboxylic acids is 1. The molecule has 1 aliphatic carbocycles. The number of rotatable bonds is 4. The lowest BCUT2D eigenvalue weighted by molar-refractivity contribution is -0.137. The standard InChI is InChI=1S/C15H11F3N2O4/c16-15(17,18)8-3-5-9(6-4-8)19-13(21)10-11(14(22)23)20-24-12(10)7-1-2-7/h3-7H,1-2H2,(H,19,21)(H,22,23). The van der Waals surface area contributed by atoms with Gasteiger partial charge in [0.25, 0.3) is 5.91 Å². The summed E-state index contributed by atoms with van der Waals surface area (Å²) in [5, 5.41) is 14.9. The minimum atomic E-state index is -4.48. The molecule has 1 heterocycles. The number of carboxylic acid groups (broad SMARTS) is 1. The van der Waals surface area contributed by atoms with Crippen molar-refractivity contribution in [3.05, 3.63) is 46.8 Å². The minimum absolute atomic E-state index is 0.0565. The number of hydrogen-bond donors (Lipinski definition) is 2. The van der Waals surface area contributed by atoms with Crippen LogP contribution in [0.1, 0.15) is 50.9 Å². The lowest BCUT2D eigenvalue weighted by Crippen LogP contribution is -2.17. The van der Waals surface area contributed by atoms with Gasteiger partial charge in [-0.1, -0.05) is 5.16 Å². The summed E-state index contributed by atoms with van der Waals surface area (Å²) in [5.74, 6) is -2.06. The molecule has 0 unspecified atom stereocenters. The Morgan fingerprint density at radius 1 is 1.21 bits per heavy atom. The molecular formula is C15H11F3N2O4. The van der Waals surface area contributed by atoms with Gasteiger partial charge in [0.2, 0.25) is 5.69 Å². The largest absolute Gasteiger partial charge is 0.476 e. The number of hydrogen-bond acceptors (Lipinski definition) is 4. The van der Waals surface area contributed by atoms with Crippen LogP contribution in [0.25, 0.3) is 0 Å². The maximum Gasteiger partial charge on any atom is 0.416 e. The molecule has 1 aliphatic rings. The highest BCUT2D eigenvalue weighted by atomic mass is 19.4. The Kier molecular flexibility index (Phi) is 3.78. The number of nitrogens with one attached hydrogen (secondary N) is 1. The maximum atomic E-state index is 12.5. The number of carboxylic acids is 1. The summed E-state index contributed by atoms with van der Waals surface area (Å²) in [6, 6.07) is 3.82. The number of halogens is 3. The second-order valence-corrected chi connectivity index (χ2v) is 5.38. The Hall–Kier alpha value is -2.84. The first-order chi connectivity index (χ1) is 11.3. The number of amides is 1. The van der Waals surface area contributed by atoms with E-state index in [4.69, 9.17) is 9.63 Å². The summed E-state index contributed by atoms with van der Waals surface area (Å²) in [5.41, 5.74) is -1.45. The van der Waals surface area contributed by atoms with Crippen molar-refractivity contribution in [3.8, 4) is 0 Å². The Labute approximate surface area is 133 Å². The van der Waals surface area contributed by atoms with Crippen LogP contribution in [0.5, 0.6) is 0 Å². The van der Waals surface area contributed by atoms with Crippen molar-refractivity contribution in [2.24, 2.45) is 0 Å². The van der Waals surface area contributed by atoms with E-state index in [1.165, 1.54) is 0 Å². The number of aromatic nitrogens is 1. The van der Waals surface area contributed by atoms with E-state index in [0.29, 0.717) is 0 Å². The smallest absolute Gasteiger partial charge is 0.416 e. The third-order valence-corrected chi connectivity index (χ3v) is 3.57. The molecule has 1 aromatic heterocycles. The van der Waals surface area contributed by atoms with Crippen molar-refractivity contribution in [2.75, 3.05) is 5.32 Å². The lowest BCUT2D eigenvalue weighted by atomic mass is 10.1. The highest BCUT2D eigenvalue weighted by Gasteiger charge is 2.37. The molecule has 0 aliphatic heterocycles. The molecule has 9 heteroatoms. The van der Waals surface area contributed by atoms with Crippen molar-refractivity contribution in [1.82, 2.24) is 5.16 Å². The van der Waals surface area contributed by atoms with Crippen LogP contribution in [0.15, 0.2) is 28.8 Å². The topological polar surface area (TPSA) is 92.4 Å². The molecule has 1 fully saturated rings. The molecule has 1 aromatic carbocycles. The molecule has 6 nitrogen and oxygen atoms in total. The van der Waals surface area contributed by atoms with Gasteiger partial charge in [0, 0.05) is 11.6 Å². The molecule has 24 heavy (non-hydrogen) atoms. The van der Waals surface area contributed by atoms with E-state index in [9.17, 15) is 22.8 Å². The van der Waals surface area contributed by atoms with Crippen LogP contribution in [-0.4, -0.2) is 22.1 Å². The summed E-state index contributed by atoms with van der Waals surface area (Å²) in [7, 11) is 0. The molecular weight excluding hydrogens is 329 g/mol. The van der Waals surface area contributed by atoms with E-state index < -0.39 is 29.3 Å². The van der Waals surface area contributed by atoms with Gasteiger partial charge in [-0.2, -0.15) is 13.2 Å². The minimum Gasteiger partial charge on any atom is -0.476 e. The van der Waals surface area contributed by atoms with Crippen LogP contribution in [-0.2, 0) is 6.18 Å². The van der Waals surface area contributed by atoms with Crippen LogP contribution < -0.4 is 5.32 Å². The van der Waals surface area contributed by atoms with Gasteiger partial charge in [-0.15, -0.1) is 0 Å². The molecule has 0 saturated heterocycles. The van der Waals surface area contributed by atoms with E-state index in [1.807, 2.05) is 0 Å². The number of carbonyl (C=O) groups is 2. The van der Waals surface area contributed by atoms with E-state index in [-0.39, 0.29) is 22.9 Å². The summed E-state index contributed by atoms with van der Waals surface area (Å²) >= 11 is 0. The SMILES string of the molecule is O=C(O)c1noc(C2CC2)c1C(=O)Nc1ccc(C(F)(F)F)cc1. The van der Waals surface area contributed by atoms with Gasteiger partial charge in [-0.25, -0.2) is 4.79 Å². The second kappa shape index (κ2) is 5.66. The predicted molar refractivity (Wildman–Crippen MR) is 74.8 cm³/mol. The van der Waals surface area contributed by atoms with Crippen molar-refractivity contribution in [2.45, 2.75) is 24.9 Å². The monoisotopic (exact) mass is 340 g/mol. The molecule has 0 radical (unpaired) electrons. The van der Waals surface area contributed by atoms with Gasteiger partial charge < -0.3 is 14.9 Å². The van der Waals surface area contributed by atoms with E-state index >= 15 is 0 Å². The van der Waals surface area contributed by atoms with Crippen LogP contribution in [0.4, 0.5) is 18.9 Å². The first kappa shape index (κ1) is 16.0. The normalized spacial score (nSPS) is 14.5. The van der Waals surface area contributed by atoms with Gasteiger partial charge in [0.1, 0.15) is 5.56 Å². The third kappa shape index (κ3) is 3.10. The van der Waals surface area contributed by atoms with Crippen LogP contribution >= 0.6 is 0 Å². The first-order valence-electron chi connectivity index (χ1n) is 6.99. The van der Waals surface area contributed by atoms with Crippen molar-refractivity contribution >= 4 is 17.6 Å². The molecule has 3 rings (SSSR count). The molecule has 0 bridgehead atoms. The van der Waals surface area contributed by atoms with Crippen molar-refractivity contribution in [1.29, 1.82) is 0 Å². The summed E-state index contributed by atoms with van der Waals surface area (Å²) < 4.78 is 42.5. The van der Waals surface area contributed by atoms with Gasteiger partial charge in [0.05, 0.1) is 5.56 Å². The fourth-order valence-electron chi connectivity index (χ4n) is 2.23. The molecule has 1 saturated carbocycles. The Bertz CT molecular complexity index is 792. The van der Waals surface area contributed by atoms with Gasteiger partial charge in [-0.05, 0) is 37.1 Å². The summed E-state index contributed by atoms with van der Waals surface area (Å²) in [4.78, 5) is 23.5. The van der Waals surface area contributed by atoms with E-state index in [2.05, 4.69) is 10.5 Å². The van der Waals surface area contributed by atoms with Gasteiger partial charge in [-0.3, -0.25) is 4.79 Å². The predicted octanol–water partition coefficient (Wildman–Crippen LogP) is 3.52. The molecule has 2 aromatic rings. The van der Waals surface area contributed by atoms with Crippen LogP contribution in [0, 0.1) is 0 Å². The summed E-state index contributed by atoms with van der Waals surface area (Å²) in [6.07, 6.45) is -2.96. The van der Waals surface area contributed by atoms with Gasteiger partial charge >= 0.3 is 12.1 Å². The third-order valence-electron chi connectivity index (χ3n) is 3.57. The molecule has 0 atom stereocenters. The highest BCUT2D eigenvalue weighted by molar-refractivity contribution is 6.10. The Balaban J connectivity index is 1.85. The maximum absolute atomic E-state index is 12.5. The van der Waals surface area contributed by atoms with Crippen molar-refractivity contribution < 1.29 is 32.4 Å². The molecule has 1 amide bonds. The zero-order valence-electron chi connectivity index (χ0n) is 12.1. The quantitative estimate of drug-likeness (QED) is 0.888. The highest BCUT2D eigenvalue weighted by Crippen LogP contribution is 2.42. The van der Waals surface area contributed by atoms with Crippen LogP contribution in [0.2, 0.25) is 0 Å². The number of anilines is 1. The Morgan fingerprint density at radius 2 is 1.83 bits per heavy atom. The van der Waals surface area contributed by atoms with Gasteiger partial charge in [0.15, 0.2) is 5.76 Å². The zero-order valence-corrected chi connectivity index (χ0v) is 12.1. The van der Waals surface area contributed by atoms with Crippen LogP contribution in [0.3, 0.4) is 0 Å². The number of nitrogens with zero attached hydrogens (tertiary/aromatic N) is 1. The fraction of sp³-hybridized carbons (Fsp3) is 0.267. The fourth-order valence-corrected chi connectivity index (χ4v) is 2.23.